The molecule has 0 atom stereocenters. The number of fused-ring (bicyclic) bond motifs is 1. The van der Waals surface area contributed by atoms with E-state index in [0.717, 1.165) is 15.4 Å². The molecule has 0 aliphatic carbocycles. The molecule has 0 radical (unpaired) electrons. The van der Waals surface area contributed by atoms with Gasteiger partial charge >= 0.3 is 5.97 Å². The molecule has 0 bridgehead atoms. The second kappa shape index (κ2) is 3.42. The number of carbonyl (C=O) groups is 1. The Morgan fingerprint density at radius 3 is 3.14 bits per heavy atom. The first-order chi connectivity index (χ1) is 6.70. The van der Waals surface area contributed by atoms with E-state index in [4.69, 9.17) is 4.74 Å². The molecule has 0 aliphatic heterocycles. The summed E-state index contributed by atoms with van der Waals surface area (Å²) < 4.78 is 4.86. The highest BCUT2D eigenvalue weighted by molar-refractivity contribution is 7.18. The molecule has 0 fully saturated rings. The molecule has 4 nitrogen and oxygen atoms in total. The first kappa shape index (κ1) is 9.21. The van der Waals surface area contributed by atoms with Crippen molar-refractivity contribution in [2.75, 3.05) is 6.61 Å². The average molecular weight is 210 g/mol. The molecule has 0 unspecified atom stereocenters. The summed E-state index contributed by atoms with van der Waals surface area (Å²) in [5.41, 5.74) is 1.30. The SMILES string of the molecule is CCOC(=O)c1cc2nc(C)sc2[nH]1. The van der Waals surface area contributed by atoms with Gasteiger partial charge in [0.25, 0.3) is 0 Å². The van der Waals surface area contributed by atoms with E-state index in [2.05, 4.69) is 9.97 Å². The first-order valence-electron chi connectivity index (χ1n) is 4.34. The van der Waals surface area contributed by atoms with E-state index in [-0.39, 0.29) is 5.97 Å². The fraction of sp³-hybridized carbons (Fsp3) is 0.333. The van der Waals surface area contributed by atoms with E-state index < -0.39 is 0 Å². The third kappa shape index (κ3) is 1.50. The van der Waals surface area contributed by atoms with E-state index in [9.17, 15) is 4.79 Å². The number of esters is 1. The van der Waals surface area contributed by atoms with Crippen LogP contribution in [0.1, 0.15) is 22.4 Å². The molecule has 0 aliphatic rings. The molecule has 0 saturated carbocycles. The van der Waals surface area contributed by atoms with Crippen LogP contribution in [0.5, 0.6) is 0 Å². The third-order valence-electron chi connectivity index (χ3n) is 1.78. The Balaban J connectivity index is 2.36. The van der Waals surface area contributed by atoms with E-state index in [0.29, 0.717) is 12.3 Å². The lowest BCUT2D eigenvalue weighted by atomic mass is 10.4. The summed E-state index contributed by atoms with van der Waals surface area (Å²) in [6, 6.07) is 1.72. The van der Waals surface area contributed by atoms with E-state index >= 15 is 0 Å². The van der Waals surface area contributed by atoms with Crippen molar-refractivity contribution in [3.05, 3.63) is 16.8 Å². The quantitative estimate of drug-likeness (QED) is 0.772. The summed E-state index contributed by atoms with van der Waals surface area (Å²) in [6.07, 6.45) is 0. The van der Waals surface area contributed by atoms with Crippen LogP contribution in [0.15, 0.2) is 6.07 Å². The molecule has 0 saturated heterocycles. The fourth-order valence-corrected chi connectivity index (χ4v) is 2.05. The average Bonchev–Trinajstić information content (AvgIpc) is 2.61. The van der Waals surface area contributed by atoms with Crippen LogP contribution in [-0.4, -0.2) is 22.5 Å². The van der Waals surface area contributed by atoms with Crippen molar-refractivity contribution >= 4 is 27.7 Å². The lowest BCUT2D eigenvalue weighted by Gasteiger charge is -1.96. The maximum atomic E-state index is 11.3. The van der Waals surface area contributed by atoms with Crippen LogP contribution in [0.3, 0.4) is 0 Å². The number of H-pyrrole nitrogens is 1. The Hall–Kier alpha value is -1.36. The summed E-state index contributed by atoms with van der Waals surface area (Å²) in [4.78, 5) is 19.5. The van der Waals surface area contributed by atoms with Gasteiger partial charge in [0.05, 0.1) is 11.6 Å². The summed E-state index contributed by atoms with van der Waals surface area (Å²) in [5.74, 6) is -0.324. The summed E-state index contributed by atoms with van der Waals surface area (Å²) in [7, 11) is 0. The van der Waals surface area contributed by atoms with Gasteiger partial charge in [0.15, 0.2) is 0 Å². The Morgan fingerprint density at radius 2 is 2.50 bits per heavy atom. The van der Waals surface area contributed by atoms with Crippen LogP contribution in [0.25, 0.3) is 10.3 Å². The maximum absolute atomic E-state index is 11.3. The van der Waals surface area contributed by atoms with Crippen molar-refractivity contribution < 1.29 is 9.53 Å². The highest BCUT2D eigenvalue weighted by atomic mass is 32.1. The largest absolute Gasteiger partial charge is 0.461 e. The number of thiazole rings is 1. The molecule has 0 spiro atoms. The van der Waals surface area contributed by atoms with Crippen molar-refractivity contribution in [3.63, 3.8) is 0 Å². The molecule has 14 heavy (non-hydrogen) atoms. The minimum Gasteiger partial charge on any atom is -0.461 e. The van der Waals surface area contributed by atoms with Gasteiger partial charge in [-0.2, -0.15) is 0 Å². The minimum atomic E-state index is -0.324. The number of carbonyl (C=O) groups excluding carboxylic acids is 1. The van der Waals surface area contributed by atoms with Gasteiger partial charge in [0.1, 0.15) is 16.0 Å². The van der Waals surface area contributed by atoms with Crippen molar-refractivity contribution in [2.24, 2.45) is 0 Å². The molecular weight excluding hydrogens is 200 g/mol. The molecule has 2 rings (SSSR count). The summed E-state index contributed by atoms with van der Waals surface area (Å²) in [5, 5.41) is 0.988. The molecule has 2 aromatic rings. The van der Waals surface area contributed by atoms with Gasteiger partial charge in [-0.1, -0.05) is 0 Å². The number of hydrogen-bond donors (Lipinski definition) is 1. The first-order valence-corrected chi connectivity index (χ1v) is 5.15. The molecule has 74 valence electrons. The number of nitrogens with one attached hydrogen (secondary N) is 1. The second-order valence-corrected chi connectivity index (χ2v) is 4.05. The number of aromatic nitrogens is 2. The normalized spacial score (nSPS) is 10.7. The maximum Gasteiger partial charge on any atom is 0.354 e. The molecular formula is C9H10N2O2S. The lowest BCUT2D eigenvalue weighted by Crippen LogP contribution is -2.04. The minimum absolute atomic E-state index is 0.324. The van der Waals surface area contributed by atoms with Crippen molar-refractivity contribution in [1.82, 2.24) is 9.97 Å². The zero-order valence-electron chi connectivity index (χ0n) is 7.96. The van der Waals surface area contributed by atoms with Crippen molar-refractivity contribution in [3.8, 4) is 0 Å². The molecule has 0 amide bonds. The number of aromatic amines is 1. The van der Waals surface area contributed by atoms with Gasteiger partial charge in [0.2, 0.25) is 0 Å². The van der Waals surface area contributed by atoms with Gasteiger partial charge in [-0.3, -0.25) is 0 Å². The number of nitrogens with zero attached hydrogens (tertiary/aromatic N) is 1. The molecule has 0 aromatic carbocycles. The fourth-order valence-electron chi connectivity index (χ4n) is 1.24. The Bertz CT molecular complexity index is 441. The van der Waals surface area contributed by atoms with Crippen LogP contribution in [0.2, 0.25) is 0 Å². The highest BCUT2D eigenvalue weighted by Crippen LogP contribution is 2.21. The van der Waals surface area contributed by atoms with Gasteiger partial charge in [0, 0.05) is 0 Å². The van der Waals surface area contributed by atoms with Crippen LogP contribution in [-0.2, 0) is 4.74 Å². The molecule has 1 N–H and O–H groups in total. The van der Waals surface area contributed by atoms with Gasteiger partial charge in [-0.15, -0.1) is 11.3 Å². The number of aryl methyl sites for hydroxylation is 1. The zero-order chi connectivity index (χ0) is 10.1. The van der Waals surface area contributed by atoms with Crippen LogP contribution >= 0.6 is 11.3 Å². The lowest BCUT2D eigenvalue weighted by molar-refractivity contribution is 0.0520. The molecule has 2 heterocycles. The summed E-state index contributed by atoms with van der Waals surface area (Å²) in [6.45, 7) is 4.10. The Labute approximate surface area is 84.9 Å². The predicted octanol–water partition coefficient (Wildman–Crippen LogP) is 2.11. The van der Waals surface area contributed by atoms with Crippen LogP contribution in [0, 0.1) is 6.92 Å². The van der Waals surface area contributed by atoms with Crippen LogP contribution < -0.4 is 0 Å². The second-order valence-electron chi connectivity index (χ2n) is 2.85. The Morgan fingerprint density at radius 1 is 1.71 bits per heavy atom. The standard InChI is InChI=1S/C9H10N2O2S/c1-3-13-9(12)7-4-6-8(11-7)14-5(2)10-6/h4,11H,3H2,1-2H3. The van der Waals surface area contributed by atoms with Crippen molar-refractivity contribution in [1.29, 1.82) is 0 Å². The van der Waals surface area contributed by atoms with Crippen molar-refractivity contribution in [2.45, 2.75) is 13.8 Å². The highest BCUT2D eigenvalue weighted by Gasteiger charge is 2.12. The van der Waals surface area contributed by atoms with E-state index in [1.807, 2.05) is 6.92 Å². The van der Waals surface area contributed by atoms with E-state index in [1.165, 1.54) is 11.3 Å². The summed E-state index contributed by atoms with van der Waals surface area (Å²) >= 11 is 1.53. The number of ether oxygens (including phenoxy) is 1. The van der Waals surface area contributed by atoms with E-state index in [1.54, 1.807) is 13.0 Å². The van der Waals surface area contributed by atoms with Crippen LogP contribution in [0.4, 0.5) is 0 Å². The third-order valence-corrected chi connectivity index (χ3v) is 2.69. The van der Waals surface area contributed by atoms with Gasteiger partial charge < -0.3 is 9.72 Å². The number of rotatable bonds is 2. The predicted molar refractivity (Wildman–Crippen MR) is 54.7 cm³/mol. The molecule has 2 aromatic heterocycles. The van der Waals surface area contributed by atoms with Gasteiger partial charge in [-0.25, -0.2) is 9.78 Å². The topological polar surface area (TPSA) is 55.0 Å². The van der Waals surface area contributed by atoms with Gasteiger partial charge in [-0.05, 0) is 19.9 Å². The smallest absolute Gasteiger partial charge is 0.354 e. The Kier molecular flexibility index (Phi) is 2.25. The molecule has 5 heteroatoms. The monoisotopic (exact) mass is 210 g/mol. The number of hydrogen-bond acceptors (Lipinski definition) is 4. The zero-order valence-corrected chi connectivity index (χ0v) is 8.77.